The van der Waals surface area contributed by atoms with E-state index in [2.05, 4.69) is 46.6 Å². The fourth-order valence-electron chi connectivity index (χ4n) is 6.89. The first-order chi connectivity index (χ1) is 27.7. The molecular formula is C42H48BrCl5N6O4. The van der Waals surface area contributed by atoms with Crippen LogP contribution in [-0.2, 0) is 22.4 Å². The van der Waals surface area contributed by atoms with Gasteiger partial charge in [0.1, 0.15) is 11.5 Å². The minimum Gasteiger partial charge on any atom is -0.494 e. The number of nitrogens with zero attached hydrogens (tertiary/aromatic N) is 3. The molecule has 4 aromatic carbocycles. The molecule has 0 radical (unpaired) electrons. The van der Waals surface area contributed by atoms with E-state index in [9.17, 15) is 9.59 Å². The summed E-state index contributed by atoms with van der Waals surface area (Å²) in [7, 11) is 0. The van der Waals surface area contributed by atoms with Gasteiger partial charge in [-0.15, -0.1) is 12.4 Å². The molecule has 4 heterocycles. The average molecular weight is 958 g/mol. The second-order valence-corrected chi connectivity index (χ2v) is 16.3. The smallest absolute Gasteiger partial charge is 0.228 e. The summed E-state index contributed by atoms with van der Waals surface area (Å²) in [5.41, 5.74) is 5.90. The molecule has 312 valence electrons. The zero-order valence-corrected chi connectivity index (χ0v) is 37.4. The summed E-state index contributed by atoms with van der Waals surface area (Å²) in [4.78, 5) is 29.5. The van der Waals surface area contributed by atoms with Crippen LogP contribution in [0.15, 0.2) is 72.8 Å². The molecular weight excluding hydrogens is 910 g/mol. The molecule has 8 rings (SSSR count). The van der Waals surface area contributed by atoms with Crippen LogP contribution in [0, 0.1) is 0 Å². The predicted molar refractivity (Wildman–Crippen MR) is 245 cm³/mol. The topological polar surface area (TPSA) is 98.4 Å². The summed E-state index contributed by atoms with van der Waals surface area (Å²) in [6.45, 7) is 10.2. The second-order valence-electron chi connectivity index (χ2n) is 13.9. The first kappa shape index (κ1) is 45.9. The Morgan fingerprint density at radius 3 is 1.81 bits per heavy atom. The molecule has 4 aromatic rings. The third kappa shape index (κ3) is 12.9. The number of hydrogen-bond donors (Lipinski definition) is 3. The van der Waals surface area contributed by atoms with Crippen LogP contribution in [-0.4, -0.2) is 94.2 Å². The zero-order valence-electron chi connectivity index (χ0n) is 32.0. The molecule has 0 saturated carbocycles. The van der Waals surface area contributed by atoms with Crippen LogP contribution in [0.1, 0.15) is 24.0 Å². The van der Waals surface area contributed by atoms with Crippen molar-refractivity contribution in [2.45, 2.75) is 25.7 Å². The second kappa shape index (κ2) is 23.0. The number of amides is 2. The summed E-state index contributed by atoms with van der Waals surface area (Å²) in [6.07, 6.45) is 2.86. The van der Waals surface area contributed by atoms with Crippen molar-refractivity contribution in [1.82, 2.24) is 10.2 Å². The van der Waals surface area contributed by atoms with E-state index in [0.29, 0.717) is 46.1 Å². The maximum atomic E-state index is 11.4. The van der Waals surface area contributed by atoms with Crippen molar-refractivity contribution in [1.29, 1.82) is 0 Å². The highest BCUT2D eigenvalue weighted by Gasteiger charge is 2.21. The Morgan fingerprint density at radius 1 is 0.621 bits per heavy atom. The Kier molecular flexibility index (Phi) is 18.2. The maximum absolute atomic E-state index is 11.4. The number of rotatable bonds is 11. The molecule has 0 aliphatic carbocycles. The van der Waals surface area contributed by atoms with Gasteiger partial charge in [0.15, 0.2) is 0 Å². The van der Waals surface area contributed by atoms with Gasteiger partial charge in [-0.2, -0.15) is 0 Å². The number of ether oxygens (including phenoxy) is 2. The van der Waals surface area contributed by atoms with Gasteiger partial charge < -0.3 is 35.2 Å². The van der Waals surface area contributed by atoms with E-state index in [1.54, 1.807) is 0 Å². The van der Waals surface area contributed by atoms with Gasteiger partial charge in [0.25, 0.3) is 0 Å². The lowest BCUT2D eigenvalue weighted by molar-refractivity contribution is -0.115. The Labute approximate surface area is 375 Å². The van der Waals surface area contributed by atoms with Gasteiger partial charge in [0.05, 0.1) is 57.5 Å². The van der Waals surface area contributed by atoms with Crippen molar-refractivity contribution >= 4 is 109 Å². The van der Waals surface area contributed by atoms with Crippen molar-refractivity contribution in [3.05, 3.63) is 104 Å². The highest BCUT2D eigenvalue weighted by atomic mass is 79.9. The van der Waals surface area contributed by atoms with E-state index in [0.717, 1.165) is 122 Å². The Bertz CT molecular complexity index is 2000. The minimum absolute atomic E-state index is 0. The molecule has 0 aromatic heterocycles. The molecule has 2 amide bonds. The number of nitrogens with one attached hydrogen (secondary N) is 3. The number of fused-ring (bicyclic) bond motifs is 2. The highest BCUT2D eigenvalue weighted by molar-refractivity contribution is 9.09. The molecule has 16 heteroatoms. The van der Waals surface area contributed by atoms with E-state index >= 15 is 0 Å². The van der Waals surface area contributed by atoms with Gasteiger partial charge in [-0.05, 0) is 72.5 Å². The summed E-state index contributed by atoms with van der Waals surface area (Å²) in [6, 6.07) is 23.1. The largest absolute Gasteiger partial charge is 0.494 e. The molecule has 2 fully saturated rings. The van der Waals surface area contributed by atoms with Gasteiger partial charge in [-0.3, -0.25) is 14.5 Å². The molecule has 0 bridgehead atoms. The number of piperazine rings is 2. The molecule has 10 nitrogen and oxygen atoms in total. The molecule has 0 atom stereocenters. The van der Waals surface area contributed by atoms with Crippen molar-refractivity contribution < 1.29 is 19.1 Å². The van der Waals surface area contributed by atoms with Crippen LogP contribution < -0.4 is 35.2 Å². The quantitative estimate of drug-likeness (QED) is 0.101. The third-order valence-corrected chi connectivity index (χ3v) is 12.1. The van der Waals surface area contributed by atoms with Gasteiger partial charge in [-0.1, -0.05) is 80.5 Å². The van der Waals surface area contributed by atoms with Crippen molar-refractivity contribution in [2.75, 3.05) is 97.9 Å². The summed E-state index contributed by atoms with van der Waals surface area (Å²) < 4.78 is 11.4. The van der Waals surface area contributed by atoms with Crippen LogP contribution in [0.4, 0.5) is 22.7 Å². The van der Waals surface area contributed by atoms with Crippen LogP contribution in [0.3, 0.4) is 0 Å². The molecule has 58 heavy (non-hydrogen) atoms. The molecule has 0 unspecified atom stereocenters. The predicted octanol–water partition coefficient (Wildman–Crippen LogP) is 9.25. The number of halogens is 6. The summed E-state index contributed by atoms with van der Waals surface area (Å²) in [5, 5.41) is 12.4. The van der Waals surface area contributed by atoms with Crippen LogP contribution in [0.25, 0.3) is 0 Å². The Balaban J connectivity index is 0.000000180. The lowest BCUT2D eigenvalue weighted by Gasteiger charge is -2.36. The normalized spacial score (nSPS) is 15.7. The molecule has 2 saturated heterocycles. The first-order valence-electron chi connectivity index (χ1n) is 19.2. The number of carbonyl (C=O) groups excluding carboxylic acids is 2. The Hall–Kier alpha value is -3.13. The van der Waals surface area contributed by atoms with Crippen LogP contribution >= 0.6 is 74.7 Å². The molecule has 4 aliphatic rings. The molecule has 3 N–H and O–H groups in total. The SMILES string of the molecule is Cl.Clc1cccc(N2CCNCC2)c1Cl.O=C1Cc2cc(OCCCN3CCN(c4cccc(Cl)c4Cl)CC3)ccc2N1.O=C1Cc2ccc(OCCCBr)cc2N1. The van der Waals surface area contributed by atoms with Gasteiger partial charge >= 0.3 is 0 Å². The van der Waals surface area contributed by atoms with Gasteiger partial charge in [-0.25, -0.2) is 0 Å². The number of carbonyl (C=O) groups is 2. The zero-order chi connectivity index (χ0) is 40.1. The van der Waals surface area contributed by atoms with Gasteiger partial charge in [0.2, 0.25) is 11.8 Å². The fourth-order valence-corrected chi connectivity index (χ4v) is 7.95. The molecule has 0 spiro atoms. The third-order valence-electron chi connectivity index (χ3n) is 9.88. The van der Waals surface area contributed by atoms with Crippen LogP contribution in [0.5, 0.6) is 11.5 Å². The highest BCUT2D eigenvalue weighted by Crippen LogP contribution is 2.34. The lowest BCUT2D eigenvalue weighted by atomic mass is 10.1. The monoisotopic (exact) mass is 954 g/mol. The van der Waals surface area contributed by atoms with E-state index in [1.807, 2.05) is 72.8 Å². The minimum atomic E-state index is 0. The van der Waals surface area contributed by atoms with Crippen LogP contribution in [0.2, 0.25) is 20.1 Å². The number of benzene rings is 4. The van der Waals surface area contributed by atoms with Crippen molar-refractivity contribution in [3.8, 4) is 11.5 Å². The molecule has 4 aliphatic heterocycles. The fraction of sp³-hybridized carbons (Fsp3) is 0.381. The van der Waals surface area contributed by atoms with Crippen molar-refractivity contribution in [2.24, 2.45) is 0 Å². The average Bonchev–Trinajstić information content (AvgIpc) is 3.79. The first-order valence-corrected chi connectivity index (χ1v) is 21.8. The summed E-state index contributed by atoms with van der Waals surface area (Å²) in [5.74, 6) is 1.75. The van der Waals surface area contributed by atoms with Crippen molar-refractivity contribution in [3.63, 3.8) is 0 Å². The summed E-state index contributed by atoms with van der Waals surface area (Å²) >= 11 is 27.9. The van der Waals surface area contributed by atoms with E-state index in [-0.39, 0.29) is 24.2 Å². The number of hydrogen-bond acceptors (Lipinski definition) is 8. The maximum Gasteiger partial charge on any atom is 0.228 e. The van der Waals surface area contributed by atoms with E-state index in [1.165, 1.54) is 0 Å². The number of alkyl halides is 1. The Morgan fingerprint density at radius 2 is 1.17 bits per heavy atom. The van der Waals surface area contributed by atoms with E-state index < -0.39 is 0 Å². The lowest BCUT2D eigenvalue weighted by Crippen LogP contribution is -2.46. The van der Waals surface area contributed by atoms with Gasteiger partial charge in [0, 0.05) is 81.7 Å². The van der Waals surface area contributed by atoms with E-state index in [4.69, 9.17) is 55.9 Å². The number of anilines is 4. The standard InChI is InChI=1S/C21H23Cl2N3O2.C11H12BrNO2.C10H12Cl2N2.ClH/c22-17-3-1-4-19(21(17)23)26-10-8-25(9-11-26)7-2-12-28-16-5-6-18-15(13-16)14-20(27)24-18;12-4-1-5-15-9-3-2-8-6-11(14)13-10(8)7-9;11-8-2-1-3-9(10(8)12)14-6-4-13-5-7-14;/h1,3-6,13H,2,7-12,14H2,(H,24,27);2-3,7H,1,4-6H2,(H,13,14);1-3,13H,4-7H2;1H.